The molecule has 2 N–H and O–H groups in total. The van der Waals surface area contributed by atoms with Crippen molar-refractivity contribution in [1.29, 1.82) is 0 Å². The number of nitrogens with one attached hydrogen (secondary N) is 1. The number of furan rings is 2. The van der Waals surface area contributed by atoms with E-state index in [-0.39, 0.29) is 5.56 Å². The van der Waals surface area contributed by atoms with E-state index in [2.05, 4.69) is 9.97 Å². The van der Waals surface area contributed by atoms with E-state index in [4.69, 9.17) is 13.9 Å². The Morgan fingerprint density at radius 2 is 1.62 bits per heavy atom. The van der Waals surface area contributed by atoms with E-state index in [1.807, 2.05) is 12.1 Å². The minimum atomic E-state index is -0.964. The molecule has 3 heterocycles. The van der Waals surface area contributed by atoms with Crippen LogP contribution in [0, 0.1) is 0 Å². The van der Waals surface area contributed by atoms with Crippen molar-refractivity contribution in [1.82, 2.24) is 9.97 Å². The molecular formula is C18H12N2O4. The summed E-state index contributed by atoms with van der Waals surface area (Å²) in [6.45, 7) is 0. The summed E-state index contributed by atoms with van der Waals surface area (Å²) in [5, 5.41) is 9.00. The van der Waals surface area contributed by atoms with Gasteiger partial charge in [0.05, 0.1) is 18.1 Å². The summed E-state index contributed by atoms with van der Waals surface area (Å²) in [4.78, 5) is 18.8. The standard InChI is InChI=1S/C18H12N2O4/c21-18(22)12-7-5-11(6-8-12)17-19-15(13-3-1-9-23-13)16(20-17)14-4-2-10-24-14/h1-10H,(H,19,20)(H,21,22). The van der Waals surface area contributed by atoms with E-state index in [0.29, 0.717) is 28.7 Å². The average molecular weight is 320 g/mol. The van der Waals surface area contributed by atoms with Gasteiger partial charge in [-0.25, -0.2) is 9.78 Å². The molecule has 6 heteroatoms. The Morgan fingerprint density at radius 3 is 2.21 bits per heavy atom. The van der Waals surface area contributed by atoms with Gasteiger partial charge in [-0.3, -0.25) is 0 Å². The molecule has 0 bridgehead atoms. The SMILES string of the molecule is O=C(O)c1ccc(-c2nc(-c3ccco3)c(-c3ccco3)[nH]2)cc1. The van der Waals surface area contributed by atoms with Crippen LogP contribution in [-0.4, -0.2) is 21.0 Å². The molecular weight excluding hydrogens is 308 g/mol. The topological polar surface area (TPSA) is 92.3 Å². The fourth-order valence-electron chi connectivity index (χ4n) is 2.47. The number of imidazole rings is 1. The Bertz CT molecular complexity index is 913. The monoisotopic (exact) mass is 320 g/mol. The largest absolute Gasteiger partial charge is 0.478 e. The number of carboxylic acids is 1. The van der Waals surface area contributed by atoms with Gasteiger partial charge in [-0.2, -0.15) is 0 Å². The number of hydrogen-bond donors (Lipinski definition) is 2. The molecule has 0 radical (unpaired) electrons. The molecule has 0 aliphatic rings. The fraction of sp³-hybridized carbons (Fsp3) is 0. The molecule has 6 nitrogen and oxygen atoms in total. The maximum Gasteiger partial charge on any atom is 0.335 e. The Hall–Kier alpha value is -3.54. The maximum atomic E-state index is 11.0. The second-order valence-corrected chi connectivity index (χ2v) is 5.15. The Kier molecular flexibility index (Phi) is 3.28. The van der Waals surface area contributed by atoms with Gasteiger partial charge < -0.3 is 18.9 Å². The van der Waals surface area contributed by atoms with Crippen LogP contribution in [0.3, 0.4) is 0 Å². The maximum absolute atomic E-state index is 11.0. The number of aromatic carboxylic acids is 1. The average Bonchev–Trinajstić information content (AvgIpc) is 3.33. The number of hydrogen-bond acceptors (Lipinski definition) is 4. The van der Waals surface area contributed by atoms with E-state index >= 15 is 0 Å². The highest BCUT2D eigenvalue weighted by Gasteiger charge is 2.19. The van der Waals surface area contributed by atoms with E-state index in [9.17, 15) is 4.79 Å². The third-order valence-corrected chi connectivity index (χ3v) is 3.63. The molecule has 0 saturated carbocycles. The van der Waals surface area contributed by atoms with Gasteiger partial charge >= 0.3 is 5.97 Å². The minimum Gasteiger partial charge on any atom is -0.478 e. The Morgan fingerprint density at radius 1 is 0.958 bits per heavy atom. The van der Waals surface area contributed by atoms with Gasteiger partial charge in [0, 0.05) is 5.56 Å². The first-order valence-electron chi connectivity index (χ1n) is 7.24. The number of H-pyrrole nitrogens is 1. The molecule has 0 atom stereocenters. The Balaban J connectivity index is 1.82. The molecule has 1 aromatic carbocycles. The number of aromatic amines is 1. The molecule has 24 heavy (non-hydrogen) atoms. The van der Waals surface area contributed by atoms with Crippen LogP contribution in [0.1, 0.15) is 10.4 Å². The number of carbonyl (C=O) groups is 1. The molecule has 0 unspecified atom stereocenters. The van der Waals surface area contributed by atoms with Gasteiger partial charge in [0.25, 0.3) is 0 Å². The van der Waals surface area contributed by atoms with Crippen LogP contribution in [-0.2, 0) is 0 Å². The molecule has 3 aromatic heterocycles. The van der Waals surface area contributed by atoms with Crippen molar-refractivity contribution in [3.8, 4) is 34.3 Å². The van der Waals surface area contributed by atoms with Crippen molar-refractivity contribution >= 4 is 5.97 Å². The first-order valence-corrected chi connectivity index (χ1v) is 7.24. The van der Waals surface area contributed by atoms with Crippen LogP contribution in [0.2, 0.25) is 0 Å². The van der Waals surface area contributed by atoms with E-state index in [1.165, 1.54) is 0 Å². The first kappa shape index (κ1) is 14.1. The molecule has 4 rings (SSSR count). The van der Waals surface area contributed by atoms with Crippen LogP contribution in [0.25, 0.3) is 34.3 Å². The number of carboxylic acid groups (broad SMARTS) is 1. The van der Waals surface area contributed by atoms with Crippen molar-refractivity contribution in [2.75, 3.05) is 0 Å². The summed E-state index contributed by atoms with van der Waals surface area (Å²) in [6, 6.07) is 13.7. The van der Waals surface area contributed by atoms with Crippen molar-refractivity contribution in [3.05, 3.63) is 66.6 Å². The smallest absolute Gasteiger partial charge is 0.335 e. The van der Waals surface area contributed by atoms with Crippen LogP contribution in [0.4, 0.5) is 0 Å². The quantitative estimate of drug-likeness (QED) is 0.585. The van der Waals surface area contributed by atoms with Gasteiger partial charge in [0.1, 0.15) is 17.2 Å². The molecule has 118 valence electrons. The predicted molar refractivity (Wildman–Crippen MR) is 86.4 cm³/mol. The normalized spacial score (nSPS) is 10.8. The summed E-state index contributed by atoms with van der Waals surface area (Å²) in [7, 11) is 0. The van der Waals surface area contributed by atoms with Crippen LogP contribution in [0.5, 0.6) is 0 Å². The lowest BCUT2D eigenvalue weighted by atomic mass is 10.1. The number of benzene rings is 1. The molecule has 0 saturated heterocycles. The van der Waals surface area contributed by atoms with Crippen molar-refractivity contribution in [2.24, 2.45) is 0 Å². The van der Waals surface area contributed by atoms with Crippen LogP contribution < -0.4 is 0 Å². The van der Waals surface area contributed by atoms with Gasteiger partial charge in [0.2, 0.25) is 0 Å². The lowest BCUT2D eigenvalue weighted by Crippen LogP contribution is -1.95. The van der Waals surface area contributed by atoms with Crippen molar-refractivity contribution in [2.45, 2.75) is 0 Å². The summed E-state index contributed by atoms with van der Waals surface area (Å²) >= 11 is 0. The lowest BCUT2D eigenvalue weighted by molar-refractivity contribution is 0.0697. The highest BCUT2D eigenvalue weighted by atomic mass is 16.4. The highest BCUT2D eigenvalue weighted by Crippen LogP contribution is 2.33. The molecule has 0 spiro atoms. The molecule has 4 aromatic rings. The zero-order valence-electron chi connectivity index (χ0n) is 12.4. The van der Waals surface area contributed by atoms with E-state index in [1.54, 1.807) is 48.9 Å². The van der Waals surface area contributed by atoms with Crippen LogP contribution in [0.15, 0.2) is 69.9 Å². The molecule has 0 aliphatic heterocycles. The second kappa shape index (κ2) is 5.58. The highest BCUT2D eigenvalue weighted by molar-refractivity contribution is 5.88. The molecule has 0 amide bonds. The third kappa shape index (κ3) is 2.40. The third-order valence-electron chi connectivity index (χ3n) is 3.63. The van der Waals surface area contributed by atoms with Gasteiger partial charge in [-0.05, 0) is 36.4 Å². The molecule has 0 fully saturated rings. The summed E-state index contributed by atoms with van der Waals surface area (Å²) < 4.78 is 10.9. The number of rotatable bonds is 4. The van der Waals surface area contributed by atoms with Crippen molar-refractivity contribution < 1.29 is 18.7 Å². The second-order valence-electron chi connectivity index (χ2n) is 5.15. The predicted octanol–water partition coefficient (Wildman–Crippen LogP) is 4.29. The summed E-state index contributed by atoms with van der Waals surface area (Å²) in [5.41, 5.74) is 2.33. The van der Waals surface area contributed by atoms with E-state index < -0.39 is 5.97 Å². The fourth-order valence-corrected chi connectivity index (χ4v) is 2.47. The van der Waals surface area contributed by atoms with Crippen LogP contribution >= 0.6 is 0 Å². The zero-order valence-corrected chi connectivity index (χ0v) is 12.4. The lowest BCUT2D eigenvalue weighted by Gasteiger charge is -1.98. The van der Waals surface area contributed by atoms with Gasteiger partial charge in [-0.1, -0.05) is 12.1 Å². The number of nitrogens with zero attached hydrogens (tertiary/aromatic N) is 1. The first-order chi connectivity index (χ1) is 11.7. The van der Waals surface area contributed by atoms with Gasteiger partial charge in [0.15, 0.2) is 11.5 Å². The number of aromatic nitrogens is 2. The minimum absolute atomic E-state index is 0.225. The summed E-state index contributed by atoms with van der Waals surface area (Å²) in [5.74, 6) is 0.895. The van der Waals surface area contributed by atoms with E-state index in [0.717, 1.165) is 5.56 Å². The van der Waals surface area contributed by atoms with Crippen molar-refractivity contribution in [3.63, 3.8) is 0 Å². The molecule has 0 aliphatic carbocycles. The Labute approximate surface area is 136 Å². The zero-order chi connectivity index (χ0) is 16.5. The van der Waals surface area contributed by atoms with Gasteiger partial charge in [-0.15, -0.1) is 0 Å². The summed E-state index contributed by atoms with van der Waals surface area (Å²) in [6.07, 6.45) is 3.17.